The molecular formula is C36H47N5O5Si. The molecule has 3 aromatic heterocycles. The van der Waals surface area contributed by atoms with Gasteiger partial charge < -0.3 is 13.9 Å². The predicted octanol–water partition coefficient (Wildman–Crippen LogP) is 9.15. The van der Waals surface area contributed by atoms with E-state index in [1.807, 2.05) is 97.3 Å². The zero-order chi connectivity index (χ0) is 34.7. The van der Waals surface area contributed by atoms with Crippen molar-refractivity contribution in [2.24, 2.45) is 7.05 Å². The molecule has 3 heterocycles. The first-order chi connectivity index (χ1) is 21.6. The standard InChI is InChI=1S/C36H47N5O5Si/c1-34(2,3)45-32(42)40-28-15-13-23(22-44-47(11,12)36(7,8)9)17-25(28)19-30(40)31-27-18-24(26-20-37-39(10)21-26)14-16-29(27)41(38-31)33(43)46-35(4,5)6/h13-21H,22H2,1-12H3. The molecule has 0 spiro atoms. The van der Waals surface area contributed by atoms with Crippen LogP contribution in [0.4, 0.5) is 9.59 Å². The van der Waals surface area contributed by atoms with Gasteiger partial charge in [0.2, 0.25) is 0 Å². The fourth-order valence-corrected chi connectivity index (χ4v) is 5.98. The van der Waals surface area contributed by atoms with E-state index in [9.17, 15) is 9.59 Å². The Morgan fingerprint density at radius 2 is 1.45 bits per heavy atom. The van der Waals surface area contributed by atoms with Crippen molar-refractivity contribution in [2.45, 2.75) is 98.3 Å². The van der Waals surface area contributed by atoms with Gasteiger partial charge in [-0.2, -0.15) is 14.9 Å². The lowest BCUT2D eigenvalue weighted by Gasteiger charge is -2.36. The largest absolute Gasteiger partial charge is 0.443 e. The van der Waals surface area contributed by atoms with Gasteiger partial charge in [-0.05, 0) is 101 Å². The third-order valence-electron chi connectivity index (χ3n) is 8.38. The molecule has 0 radical (unpaired) electrons. The van der Waals surface area contributed by atoms with Crippen LogP contribution in [0.1, 0.15) is 67.9 Å². The van der Waals surface area contributed by atoms with E-state index < -0.39 is 31.7 Å². The lowest BCUT2D eigenvalue weighted by atomic mass is 10.0. The van der Waals surface area contributed by atoms with Gasteiger partial charge in [-0.3, -0.25) is 4.68 Å². The van der Waals surface area contributed by atoms with Gasteiger partial charge in [0.15, 0.2) is 8.32 Å². The number of benzene rings is 2. The van der Waals surface area contributed by atoms with Crippen LogP contribution >= 0.6 is 0 Å². The molecule has 0 saturated carbocycles. The second-order valence-electron chi connectivity index (χ2n) is 15.7. The highest BCUT2D eigenvalue weighted by molar-refractivity contribution is 6.74. The van der Waals surface area contributed by atoms with Crippen LogP contribution < -0.4 is 0 Å². The van der Waals surface area contributed by atoms with Gasteiger partial charge >= 0.3 is 12.2 Å². The Morgan fingerprint density at radius 3 is 2.04 bits per heavy atom. The van der Waals surface area contributed by atoms with Crippen molar-refractivity contribution in [1.82, 2.24) is 24.1 Å². The number of rotatable bonds is 5. The van der Waals surface area contributed by atoms with Crippen LogP contribution in [-0.4, -0.2) is 55.8 Å². The summed E-state index contributed by atoms with van der Waals surface area (Å²) < 4.78 is 22.7. The Balaban J connectivity index is 1.72. The Bertz CT molecular complexity index is 1980. The molecule has 0 aliphatic heterocycles. The van der Waals surface area contributed by atoms with Crippen LogP contribution in [0.25, 0.3) is 44.3 Å². The van der Waals surface area contributed by atoms with Crippen molar-refractivity contribution in [3.05, 3.63) is 60.4 Å². The third kappa shape index (κ3) is 7.21. The van der Waals surface area contributed by atoms with Crippen LogP contribution in [0.2, 0.25) is 18.1 Å². The van der Waals surface area contributed by atoms with Crippen molar-refractivity contribution < 1.29 is 23.5 Å². The summed E-state index contributed by atoms with van der Waals surface area (Å²) in [7, 11) is -0.128. The average molecular weight is 658 g/mol. The van der Waals surface area contributed by atoms with Gasteiger partial charge in [0.25, 0.3) is 0 Å². The van der Waals surface area contributed by atoms with Gasteiger partial charge in [0.05, 0.1) is 29.5 Å². The van der Waals surface area contributed by atoms with Gasteiger partial charge in [0, 0.05) is 29.6 Å². The number of hydrogen-bond donors (Lipinski definition) is 0. The number of nitrogens with zero attached hydrogens (tertiary/aromatic N) is 5. The molecule has 0 aliphatic carbocycles. The summed E-state index contributed by atoms with van der Waals surface area (Å²) in [6.07, 6.45) is 2.54. The number of aromatic nitrogens is 5. The predicted molar refractivity (Wildman–Crippen MR) is 188 cm³/mol. The van der Waals surface area contributed by atoms with E-state index in [4.69, 9.17) is 19.0 Å². The maximum Gasteiger partial charge on any atom is 0.435 e. The van der Waals surface area contributed by atoms with Crippen LogP contribution in [0, 0.1) is 0 Å². The van der Waals surface area contributed by atoms with Gasteiger partial charge in [-0.25, -0.2) is 14.2 Å². The molecule has 11 heteroatoms. The molecule has 0 unspecified atom stereocenters. The monoisotopic (exact) mass is 657 g/mol. The molecule has 10 nitrogen and oxygen atoms in total. The number of aryl methyl sites for hydroxylation is 1. The normalized spacial score (nSPS) is 13.0. The summed E-state index contributed by atoms with van der Waals surface area (Å²) in [5.41, 5.74) is 3.46. The van der Waals surface area contributed by atoms with Crippen molar-refractivity contribution in [3.8, 4) is 22.5 Å². The number of carbonyl (C=O) groups is 2. The first kappa shape index (κ1) is 34.1. The van der Waals surface area contributed by atoms with Crippen LogP contribution in [-0.2, 0) is 27.6 Å². The van der Waals surface area contributed by atoms with E-state index in [0.717, 1.165) is 22.1 Å². The van der Waals surface area contributed by atoms with E-state index in [1.165, 1.54) is 9.25 Å². The van der Waals surface area contributed by atoms with Crippen LogP contribution in [0.3, 0.4) is 0 Å². The third-order valence-corrected chi connectivity index (χ3v) is 12.9. The smallest absolute Gasteiger partial charge is 0.435 e. The molecule has 0 N–H and O–H groups in total. The van der Waals surface area contributed by atoms with E-state index >= 15 is 0 Å². The van der Waals surface area contributed by atoms with E-state index in [-0.39, 0.29) is 5.04 Å². The minimum atomic E-state index is -1.99. The molecule has 0 bridgehead atoms. The lowest BCUT2D eigenvalue weighted by Crippen LogP contribution is -2.40. The maximum atomic E-state index is 13.9. The topological polar surface area (TPSA) is 102 Å². The fourth-order valence-electron chi connectivity index (χ4n) is 5.01. The maximum absolute atomic E-state index is 13.9. The Labute approximate surface area is 277 Å². The summed E-state index contributed by atoms with van der Waals surface area (Å²) in [6, 6.07) is 13.6. The average Bonchev–Trinajstić information content (AvgIpc) is 3.63. The fraction of sp³-hybridized carbons (Fsp3) is 0.444. The summed E-state index contributed by atoms with van der Waals surface area (Å²) in [6.45, 7) is 22.5. The molecule has 0 aliphatic rings. The van der Waals surface area contributed by atoms with Crippen molar-refractivity contribution >= 4 is 42.3 Å². The van der Waals surface area contributed by atoms with Crippen molar-refractivity contribution in [1.29, 1.82) is 0 Å². The SMILES string of the molecule is Cn1cc(-c2ccc3c(c2)c(-c2cc4cc(CO[Si](C)(C)C(C)(C)C)ccc4n2C(=O)OC(C)(C)C)nn3C(=O)OC(C)(C)C)cn1. The summed E-state index contributed by atoms with van der Waals surface area (Å²) in [5.74, 6) is 0. The molecule has 250 valence electrons. The first-order valence-corrected chi connectivity index (χ1v) is 18.8. The minimum absolute atomic E-state index is 0.0764. The molecule has 5 rings (SSSR count). The molecular weight excluding hydrogens is 611 g/mol. The number of hydrogen-bond acceptors (Lipinski definition) is 7. The summed E-state index contributed by atoms with van der Waals surface area (Å²) >= 11 is 0. The first-order valence-electron chi connectivity index (χ1n) is 15.9. The molecule has 0 fully saturated rings. The Kier molecular flexibility index (Phi) is 8.56. The van der Waals surface area contributed by atoms with Gasteiger partial charge in [0.1, 0.15) is 16.9 Å². The Morgan fingerprint density at radius 1 is 0.809 bits per heavy atom. The molecule has 2 aromatic carbocycles. The molecule has 0 atom stereocenters. The van der Waals surface area contributed by atoms with Gasteiger partial charge in [-0.1, -0.05) is 32.9 Å². The highest BCUT2D eigenvalue weighted by atomic mass is 28.4. The van der Waals surface area contributed by atoms with Crippen LogP contribution in [0.15, 0.2) is 54.9 Å². The number of carbonyl (C=O) groups excluding carboxylic acids is 2. The second kappa shape index (κ2) is 11.8. The molecule has 5 aromatic rings. The van der Waals surface area contributed by atoms with Crippen LogP contribution in [0.5, 0.6) is 0 Å². The molecule has 0 amide bonds. The number of fused-ring (bicyclic) bond motifs is 2. The second-order valence-corrected chi connectivity index (χ2v) is 20.5. The van der Waals surface area contributed by atoms with E-state index in [0.29, 0.717) is 34.4 Å². The van der Waals surface area contributed by atoms with Gasteiger partial charge in [-0.15, -0.1) is 0 Å². The molecule has 47 heavy (non-hydrogen) atoms. The van der Waals surface area contributed by atoms with E-state index in [1.54, 1.807) is 10.9 Å². The van der Waals surface area contributed by atoms with Crippen molar-refractivity contribution in [2.75, 3.05) is 0 Å². The minimum Gasteiger partial charge on any atom is -0.443 e. The summed E-state index contributed by atoms with van der Waals surface area (Å²) in [5, 5.41) is 10.7. The highest BCUT2D eigenvalue weighted by Crippen LogP contribution is 2.39. The lowest BCUT2D eigenvalue weighted by molar-refractivity contribution is 0.0520. The Hall–Kier alpha value is -4.22. The zero-order valence-electron chi connectivity index (χ0n) is 29.7. The highest BCUT2D eigenvalue weighted by Gasteiger charge is 2.37. The summed E-state index contributed by atoms with van der Waals surface area (Å²) in [4.78, 5) is 27.4. The number of ether oxygens (including phenoxy) is 2. The zero-order valence-corrected chi connectivity index (χ0v) is 30.7. The van der Waals surface area contributed by atoms with E-state index in [2.05, 4.69) is 39.0 Å². The van der Waals surface area contributed by atoms with Crippen molar-refractivity contribution in [3.63, 3.8) is 0 Å². The molecule has 0 saturated heterocycles. The quantitative estimate of drug-likeness (QED) is 0.174.